The van der Waals surface area contributed by atoms with Crippen molar-refractivity contribution in [1.29, 1.82) is 0 Å². The molecule has 21 heavy (non-hydrogen) atoms. The second-order valence-electron chi connectivity index (χ2n) is 4.49. The molecule has 2 unspecified atom stereocenters. The van der Waals surface area contributed by atoms with E-state index in [4.69, 9.17) is 15.3 Å². The molecule has 1 heterocycles. The van der Waals surface area contributed by atoms with Crippen LogP contribution in [0.1, 0.15) is 12.0 Å². The molecular weight excluding hydrogens is 280 g/mol. The van der Waals surface area contributed by atoms with Gasteiger partial charge in [-0.05, 0) is 18.1 Å². The topological polar surface area (TPSA) is 133 Å². The first-order valence-corrected chi connectivity index (χ1v) is 6.41. The van der Waals surface area contributed by atoms with Crippen molar-refractivity contribution >= 4 is 17.7 Å². The lowest BCUT2D eigenvalue weighted by molar-refractivity contribution is -0.384. The second-order valence-corrected chi connectivity index (χ2v) is 4.49. The summed E-state index contributed by atoms with van der Waals surface area (Å²) >= 11 is 0. The lowest BCUT2D eigenvalue weighted by Gasteiger charge is -2.11. The summed E-state index contributed by atoms with van der Waals surface area (Å²) in [4.78, 5) is 19.7. The van der Waals surface area contributed by atoms with Gasteiger partial charge in [-0.2, -0.15) is 0 Å². The van der Waals surface area contributed by atoms with Crippen LogP contribution < -0.4 is 5.32 Å². The SMILES string of the molecule is O=CCC(O)C(O)CO.O=[N+]([O-])c1ccc2c(c1)CCN2. The Morgan fingerprint density at radius 1 is 1.38 bits per heavy atom. The van der Waals surface area contributed by atoms with Crippen molar-refractivity contribution in [3.63, 3.8) is 0 Å². The number of rotatable bonds is 5. The predicted octanol–water partition coefficient (Wildman–Crippen LogP) is -0.148. The van der Waals surface area contributed by atoms with Crippen molar-refractivity contribution in [3.05, 3.63) is 33.9 Å². The Kier molecular flexibility index (Phi) is 6.73. The number of carbonyl (C=O) groups is 1. The summed E-state index contributed by atoms with van der Waals surface area (Å²) in [6.07, 6.45) is -1.09. The number of fused-ring (bicyclic) bond motifs is 1. The van der Waals surface area contributed by atoms with Gasteiger partial charge in [0, 0.05) is 30.8 Å². The standard InChI is InChI=1S/C8H8N2O2.C5H10O4/c11-10(12)7-1-2-8-6(5-7)3-4-9-8;6-2-1-4(8)5(9)3-7/h1-2,5,9H,3-4H2;2,4-5,7-9H,1,3H2. The normalized spacial score (nSPS) is 15.0. The van der Waals surface area contributed by atoms with Crippen LogP contribution in [0.25, 0.3) is 0 Å². The molecule has 0 aromatic heterocycles. The summed E-state index contributed by atoms with van der Waals surface area (Å²) in [6.45, 7) is 0.367. The van der Waals surface area contributed by atoms with Crippen LogP contribution in [0.2, 0.25) is 0 Å². The number of hydrogen-bond donors (Lipinski definition) is 4. The van der Waals surface area contributed by atoms with E-state index in [0.717, 1.165) is 24.2 Å². The fourth-order valence-corrected chi connectivity index (χ4v) is 1.78. The van der Waals surface area contributed by atoms with E-state index in [1.54, 1.807) is 12.1 Å². The minimum atomic E-state index is -1.20. The molecule has 1 aliphatic heterocycles. The van der Waals surface area contributed by atoms with E-state index in [1.807, 2.05) is 0 Å². The van der Waals surface area contributed by atoms with E-state index in [2.05, 4.69) is 5.32 Å². The molecule has 0 saturated heterocycles. The summed E-state index contributed by atoms with van der Waals surface area (Å²) in [5, 5.41) is 39.0. The zero-order valence-electron chi connectivity index (χ0n) is 11.3. The maximum absolute atomic E-state index is 10.4. The highest BCUT2D eigenvalue weighted by atomic mass is 16.6. The lowest BCUT2D eigenvalue weighted by atomic mass is 10.1. The summed E-state index contributed by atoms with van der Waals surface area (Å²) in [7, 11) is 0. The minimum absolute atomic E-state index is 0.137. The average molecular weight is 298 g/mol. The highest BCUT2D eigenvalue weighted by Gasteiger charge is 2.14. The number of aliphatic hydroxyl groups is 3. The van der Waals surface area contributed by atoms with Gasteiger partial charge in [-0.3, -0.25) is 10.1 Å². The number of nitro benzene ring substituents is 1. The molecule has 0 radical (unpaired) electrons. The molecule has 0 saturated carbocycles. The minimum Gasteiger partial charge on any atom is -0.394 e. The van der Waals surface area contributed by atoms with Gasteiger partial charge >= 0.3 is 0 Å². The van der Waals surface area contributed by atoms with Gasteiger partial charge < -0.3 is 25.4 Å². The Hall–Kier alpha value is -2.03. The van der Waals surface area contributed by atoms with Crippen LogP contribution in [0.3, 0.4) is 0 Å². The van der Waals surface area contributed by atoms with E-state index < -0.39 is 18.8 Å². The molecule has 8 heteroatoms. The summed E-state index contributed by atoms with van der Waals surface area (Å²) < 4.78 is 0. The van der Waals surface area contributed by atoms with Crippen molar-refractivity contribution in [2.45, 2.75) is 25.0 Å². The smallest absolute Gasteiger partial charge is 0.269 e. The molecule has 1 aromatic carbocycles. The summed E-state index contributed by atoms with van der Waals surface area (Å²) in [6, 6.07) is 4.92. The molecule has 8 nitrogen and oxygen atoms in total. The molecule has 0 amide bonds. The van der Waals surface area contributed by atoms with Crippen molar-refractivity contribution in [3.8, 4) is 0 Å². The molecule has 4 N–H and O–H groups in total. The van der Waals surface area contributed by atoms with E-state index in [0.29, 0.717) is 6.29 Å². The first-order valence-electron chi connectivity index (χ1n) is 6.41. The van der Waals surface area contributed by atoms with Crippen LogP contribution in [-0.2, 0) is 11.2 Å². The van der Waals surface area contributed by atoms with Crippen LogP contribution in [-0.4, -0.2) is 51.9 Å². The summed E-state index contributed by atoms with van der Waals surface area (Å²) in [5.41, 5.74) is 2.25. The Bertz CT molecular complexity index is 494. The van der Waals surface area contributed by atoms with Crippen LogP contribution in [0.4, 0.5) is 11.4 Å². The number of anilines is 1. The third-order valence-electron chi connectivity index (χ3n) is 2.98. The number of aldehydes is 1. The van der Waals surface area contributed by atoms with Crippen LogP contribution in [0.5, 0.6) is 0 Å². The highest BCUT2D eigenvalue weighted by molar-refractivity contribution is 5.59. The van der Waals surface area contributed by atoms with Crippen molar-refractivity contribution in [1.82, 2.24) is 0 Å². The van der Waals surface area contributed by atoms with Gasteiger partial charge in [0.2, 0.25) is 0 Å². The van der Waals surface area contributed by atoms with Gasteiger partial charge in [-0.25, -0.2) is 0 Å². The monoisotopic (exact) mass is 298 g/mol. The number of carbonyl (C=O) groups excluding carboxylic acids is 1. The zero-order chi connectivity index (χ0) is 15.8. The van der Waals surface area contributed by atoms with E-state index in [9.17, 15) is 14.9 Å². The average Bonchev–Trinajstić information content (AvgIpc) is 2.94. The van der Waals surface area contributed by atoms with Gasteiger partial charge in [-0.1, -0.05) is 0 Å². The number of hydrogen-bond acceptors (Lipinski definition) is 7. The van der Waals surface area contributed by atoms with Gasteiger partial charge in [0.25, 0.3) is 5.69 Å². The highest BCUT2D eigenvalue weighted by Crippen LogP contribution is 2.25. The molecule has 0 fully saturated rings. The van der Waals surface area contributed by atoms with Gasteiger partial charge in [-0.15, -0.1) is 0 Å². The van der Waals surface area contributed by atoms with Gasteiger partial charge in [0.05, 0.1) is 17.6 Å². The van der Waals surface area contributed by atoms with Crippen LogP contribution in [0, 0.1) is 10.1 Å². The zero-order valence-corrected chi connectivity index (χ0v) is 11.3. The quantitative estimate of drug-likeness (QED) is 0.337. The number of nitro groups is 1. The second kappa shape index (κ2) is 8.30. The van der Waals surface area contributed by atoms with E-state index in [1.165, 1.54) is 6.07 Å². The number of aliphatic hydroxyl groups excluding tert-OH is 3. The third kappa shape index (κ3) is 5.10. The van der Waals surface area contributed by atoms with Gasteiger partial charge in [0.15, 0.2) is 0 Å². The maximum atomic E-state index is 10.4. The Morgan fingerprint density at radius 2 is 2.10 bits per heavy atom. The number of nitrogens with one attached hydrogen (secondary N) is 1. The molecule has 0 aliphatic carbocycles. The van der Waals surface area contributed by atoms with Crippen molar-refractivity contribution in [2.24, 2.45) is 0 Å². The predicted molar refractivity (Wildman–Crippen MR) is 75.1 cm³/mol. The third-order valence-corrected chi connectivity index (χ3v) is 2.98. The Morgan fingerprint density at radius 3 is 2.67 bits per heavy atom. The van der Waals surface area contributed by atoms with Gasteiger partial charge in [0.1, 0.15) is 12.4 Å². The molecule has 2 atom stereocenters. The number of non-ortho nitro benzene ring substituents is 1. The molecular formula is C13H18N2O6. The number of nitrogens with zero attached hydrogens (tertiary/aromatic N) is 1. The number of benzene rings is 1. The molecule has 1 aliphatic rings. The molecule has 0 bridgehead atoms. The molecule has 116 valence electrons. The Balaban J connectivity index is 0.000000222. The first kappa shape index (κ1) is 17.0. The first-order chi connectivity index (χ1) is 9.99. The Labute approximate surface area is 121 Å². The van der Waals surface area contributed by atoms with Crippen molar-refractivity contribution in [2.75, 3.05) is 18.5 Å². The fraction of sp³-hybridized carbons (Fsp3) is 0.462. The summed E-state index contributed by atoms with van der Waals surface area (Å²) in [5.74, 6) is 0. The van der Waals surface area contributed by atoms with Crippen LogP contribution in [0.15, 0.2) is 18.2 Å². The largest absolute Gasteiger partial charge is 0.394 e. The van der Waals surface area contributed by atoms with E-state index in [-0.39, 0.29) is 17.0 Å². The molecule has 0 spiro atoms. The molecule has 2 rings (SSSR count). The van der Waals surface area contributed by atoms with Crippen LogP contribution >= 0.6 is 0 Å². The molecule has 1 aromatic rings. The fourth-order valence-electron chi connectivity index (χ4n) is 1.78. The lowest BCUT2D eigenvalue weighted by Crippen LogP contribution is -2.29. The van der Waals surface area contributed by atoms with E-state index >= 15 is 0 Å². The maximum Gasteiger partial charge on any atom is 0.269 e. The van der Waals surface area contributed by atoms with Crippen molar-refractivity contribution < 1.29 is 25.0 Å².